The lowest BCUT2D eigenvalue weighted by Crippen LogP contribution is -2.12. The molecule has 0 unspecified atom stereocenters. The molecular formula is C50H31NO2. The molecule has 2 aromatic heterocycles. The summed E-state index contributed by atoms with van der Waals surface area (Å²) in [6, 6.07) is 66.7. The van der Waals surface area contributed by atoms with Gasteiger partial charge in [0.15, 0.2) is 0 Å². The standard InChI is InChI=1S/C50H31NO2/c1-3-18-36-32(13-1)15-10-27-45(36)51(35-17-9-16-34(31-35)38-22-11-24-42-40-21-6-8-28-47(40)52-48(38)42)46-26-7-5-20-39(46)41-23-12-25-43-44-30-29-33-14-2-4-19-37(33)49(44)53-50(41)43/h1-31H. The molecule has 0 aliphatic rings. The molecule has 0 bridgehead atoms. The van der Waals surface area contributed by atoms with Gasteiger partial charge < -0.3 is 13.7 Å². The largest absolute Gasteiger partial charge is 0.455 e. The summed E-state index contributed by atoms with van der Waals surface area (Å²) in [7, 11) is 0. The summed E-state index contributed by atoms with van der Waals surface area (Å²) in [6.45, 7) is 0. The maximum absolute atomic E-state index is 6.88. The molecule has 0 spiro atoms. The van der Waals surface area contributed by atoms with Crippen molar-refractivity contribution in [2.45, 2.75) is 0 Å². The highest BCUT2D eigenvalue weighted by Gasteiger charge is 2.23. The van der Waals surface area contributed by atoms with Gasteiger partial charge in [0.1, 0.15) is 22.3 Å². The molecule has 0 atom stereocenters. The van der Waals surface area contributed by atoms with Crippen molar-refractivity contribution in [2.75, 3.05) is 4.90 Å². The second kappa shape index (κ2) is 11.7. The zero-order chi connectivity index (χ0) is 34.9. The van der Waals surface area contributed by atoms with Crippen LogP contribution in [-0.2, 0) is 0 Å². The molecule has 0 aliphatic heterocycles. The van der Waals surface area contributed by atoms with Gasteiger partial charge in [-0.3, -0.25) is 0 Å². The van der Waals surface area contributed by atoms with Crippen LogP contribution in [0.15, 0.2) is 197 Å². The summed E-state index contributed by atoms with van der Waals surface area (Å²) in [4.78, 5) is 2.40. The molecule has 0 saturated heterocycles. The van der Waals surface area contributed by atoms with Crippen LogP contribution in [-0.4, -0.2) is 0 Å². The Balaban J connectivity index is 1.16. The minimum atomic E-state index is 0.884. The molecule has 0 saturated carbocycles. The highest BCUT2D eigenvalue weighted by atomic mass is 16.3. The van der Waals surface area contributed by atoms with Crippen molar-refractivity contribution in [1.82, 2.24) is 0 Å². The minimum absolute atomic E-state index is 0.884. The summed E-state index contributed by atoms with van der Waals surface area (Å²) < 4.78 is 13.4. The second-order valence-electron chi connectivity index (χ2n) is 13.6. The summed E-state index contributed by atoms with van der Waals surface area (Å²) in [6.07, 6.45) is 0. The average Bonchev–Trinajstić information content (AvgIpc) is 3.81. The van der Waals surface area contributed by atoms with Crippen LogP contribution in [0, 0.1) is 0 Å². The molecule has 0 amide bonds. The van der Waals surface area contributed by atoms with Gasteiger partial charge in [-0.25, -0.2) is 0 Å². The second-order valence-corrected chi connectivity index (χ2v) is 13.6. The maximum Gasteiger partial charge on any atom is 0.143 e. The first-order chi connectivity index (χ1) is 26.3. The molecule has 11 rings (SSSR count). The Morgan fingerprint density at radius 3 is 1.77 bits per heavy atom. The first-order valence-electron chi connectivity index (χ1n) is 18.0. The molecule has 11 aromatic rings. The van der Waals surface area contributed by atoms with Crippen molar-refractivity contribution < 1.29 is 8.83 Å². The molecule has 9 aromatic carbocycles. The van der Waals surface area contributed by atoms with Crippen LogP contribution >= 0.6 is 0 Å². The average molecular weight is 678 g/mol. The van der Waals surface area contributed by atoms with E-state index in [1.165, 1.54) is 16.2 Å². The Morgan fingerprint density at radius 1 is 0.321 bits per heavy atom. The van der Waals surface area contributed by atoms with Gasteiger partial charge in [-0.2, -0.15) is 0 Å². The smallest absolute Gasteiger partial charge is 0.143 e. The quantitative estimate of drug-likeness (QED) is 0.182. The predicted octanol–water partition coefficient (Wildman–Crippen LogP) is 14.6. The van der Waals surface area contributed by atoms with Crippen molar-refractivity contribution in [2.24, 2.45) is 0 Å². The van der Waals surface area contributed by atoms with E-state index in [0.29, 0.717) is 0 Å². The van der Waals surface area contributed by atoms with Crippen LogP contribution in [0.3, 0.4) is 0 Å². The lowest BCUT2D eigenvalue weighted by Gasteiger charge is -2.29. The van der Waals surface area contributed by atoms with Gasteiger partial charge >= 0.3 is 0 Å². The summed E-state index contributed by atoms with van der Waals surface area (Å²) >= 11 is 0. The van der Waals surface area contributed by atoms with Gasteiger partial charge in [-0.15, -0.1) is 0 Å². The van der Waals surface area contributed by atoms with Crippen molar-refractivity contribution in [3.05, 3.63) is 188 Å². The lowest BCUT2D eigenvalue weighted by atomic mass is 9.97. The molecule has 248 valence electrons. The van der Waals surface area contributed by atoms with Gasteiger partial charge in [0, 0.05) is 54.7 Å². The van der Waals surface area contributed by atoms with Crippen LogP contribution in [0.4, 0.5) is 17.1 Å². The maximum atomic E-state index is 6.88. The van der Waals surface area contributed by atoms with Crippen LogP contribution in [0.5, 0.6) is 0 Å². The first-order valence-corrected chi connectivity index (χ1v) is 18.0. The van der Waals surface area contributed by atoms with Crippen molar-refractivity contribution in [3.63, 3.8) is 0 Å². The molecule has 3 heteroatoms. The van der Waals surface area contributed by atoms with E-state index in [4.69, 9.17) is 8.83 Å². The van der Waals surface area contributed by atoms with E-state index >= 15 is 0 Å². The van der Waals surface area contributed by atoms with E-state index in [0.717, 1.165) is 88.6 Å². The van der Waals surface area contributed by atoms with Gasteiger partial charge in [0.2, 0.25) is 0 Å². The molecule has 0 N–H and O–H groups in total. The summed E-state index contributed by atoms with van der Waals surface area (Å²) in [5.41, 5.74) is 11.1. The topological polar surface area (TPSA) is 29.5 Å². The van der Waals surface area contributed by atoms with Crippen molar-refractivity contribution >= 4 is 82.5 Å². The number of fused-ring (bicyclic) bond motifs is 9. The van der Waals surface area contributed by atoms with E-state index in [2.05, 4.69) is 181 Å². The van der Waals surface area contributed by atoms with E-state index in [9.17, 15) is 0 Å². The Morgan fingerprint density at radius 2 is 0.887 bits per heavy atom. The van der Waals surface area contributed by atoms with Gasteiger partial charge in [-0.1, -0.05) is 152 Å². The Hall–Kier alpha value is -7.10. The number of anilines is 3. The lowest BCUT2D eigenvalue weighted by molar-refractivity contribution is 0.670. The van der Waals surface area contributed by atoms with Crippen LogP contribution in [0.25, 0.3) is 87.7 Å². The zero-order valence-electron chi connectivity index (χ0n) is 28.7. The van der Waals surface area contributed by atoms with Crippen LogP contribution in [0.2, 0.25) is 0 Å². The Labute approximate surface area is 305 Å². The number of rotatable bonds is 5. The SMILES string of the molecule is c1cc(-c2cccc3c2oc2ccccc23)cc(N(c2ccccc2-c2cccc3c2oc2c4ccccc4ccc32)c2cccc3ccccc23)c1. The third-order valence-corrected chi connectivity index (χ3v) is 10.7. The number of nitrogens with zero attached hydrogens (tertiary/aromatic N) is 1. The number of hydrogen-bond donors (Lipinski definition) is 0. The minimum Gasteiger partial charge on any atom is -0.455 e. The highest BCUT2D eigenvalue weighted by molar-refractivity contribution is 6.18. The summed E-state index contributed by atoms with van der Waals surface area (Å²) in [5, 5.41) is 9.11. The molecule has 3 nitrogen and oxygen atoms in total. The van der Waals surface area contributed by atoms with E-state index < -0.39 is 0 Å². The van der Waals surface area contributed by atoms with Gasteiger partial charge in [0.05, 0.1) is 11.4 Å². The van der Waals surface area contributed by atoms with Gasteiger partial charge in [-0.05, 0) is 52.7 Å². The normalized spacial score (nSPS) is 11.8. The van der Waals surface area contributed by atoms with Crippen molar-refractivity contribution in [3.8, 4) is 22.3 Å². The van der Waals surface area contributed by atoms with E-state index in [1.54, 1.807) is 0 Å². The van der Waals surface area contributed by atoms with E-state index in [1.807, 2.05) is 12.1 Å². The number of para-hydroxylation sites is 4. The first kappa shape index (κ1) is 29.6. The number of furan rings is 2. The van der Waals surface area contributed by atoms with E-state index in [-0.39, 0.29) is 0 Å². The van der Waals surface area contributed by atoms with Crippen molar-refractivity contribution in [1.29, 1.82) is 0 Å². The molecule has 2 heterocycles. The molecule has 0 fully saturated rings. The predicted molar refractivity (Wildman–Crippen MR) is 222 cm³/mol. The number of benzene rings is 9. The van der Waals surface area contributed by atoms with Gasteiger partial charge in [0.25, 0.3) is 0 Å². The Kier molecular flexibility index (Phi) is 6.55. The number of hydrogen-bond acceptors (Lipinski definition) is 3. The molecular weight excluding hydrogens is 647 g/mol. The Bertz CT molecular complexity index is 3200. The monoisotopic (exact) mass is 677 g/mol. The van der Waals surface area contributed by atoms with Crippen LogP contribution in [0.1, 0.15) is 0 Å². The molecule has 0 radical (unpaired) electrons. The van der Waals surface area contributed by atoms with Crippen LogP contribution < -0.4 is 4.90 Å². The molecule has 53 heavy (non-hydrogen) atoms. The zero-order valence-corrected chi connectivity index (χ0v) is 28.7. The molecule has 0 aliphatic carbocycles. The fourth-order valence-electron chi connectivity index (χ4n) is 8.23. The fraction of sp³-hybridized carbons (Fsp3) is 0. The fourth-order valence-corrected chi connectivity index (χ4v) is 8.23. The summed E-state index contributed by atoms with van der Waals surface area (Å²) in [5.74, 6) is 0. The highest BCUT2D eigenvalue weighted by Crippen LogP contribution is 2.47. The third-order valence-electron chi connectivity index (χ3n) is 10.7. The third kappa shape index (κ3) is 4.61.